The molecular weight excluding hydrogens is 285 g/mol. The molecule has 0 saturated heterocycles. The van der Waals surface area contributed by atoms with Crippen LogP contribution in [0.15, 0.2) is 24.3 Å². The Balaban J connectivity index is 2.06. The van der Waals surface area contributed by atoms with E-state index >= 15 is 0 Å². The fraction of sp³-hybridized carbons (Fsp3) is 0.308. The Bertz CT molecular complexity index is 634. The lowest BCUT2D eigenvalue weighted by Gasteiger charge is -2.14. The summed E-state index contributed by atoms with van der Waals surface area (Å²) in [6, 6.07) is 4.16. The fourth-order valence-electron chi connectivity index (χ4n) is 1.75. The summed E-state index contributed by atoms with van der Waals surface area (Å²) in [4.78, 5) is 15.7. The summed E-state index contributed by atoms with van der Waals surface area (Å²) >= 11 is 0. The third-order valence-electron chi connectivity index (χ3n) is 2.89. The molecule has 0 fully saturated rings. The van der Waals surface area contributed by atoms with Gasteiger partial charge in [-0.2, -0.15) is 13.2 Å². The van der Waals surface area contributed by atoms with Gasteiger partial charge in [0, 0.05) is 0 Å². The molecule has 112 valence electrons. The summed E-state index contributed by atoms with van der Waals surface area (Å²) < 4.78 is 37.4. The number of carbonyl (C=O) groups is 1. The minimum Gasteiger partial charge on any atom is -0.343 e. The maximum absolute atomic E-state index is 12.5. The van der Waals surface area contributed by atoms with Crippen molar-refractivity contribution in [2.45, 2.75) is 26.1 Å². The van der Waals surface area contributed by atoms with Crippen molar-refractivity contribution >= 4 is 5.91 Å². The molecule has 1 aromatic heterocycles. The van der Waals surface area contributed by atoms with Crippen LogP contribution >= 0.6 is 0 Å². The lowest BCUT2D eigenvalue weighted by molar-refractivity contribution is -0.137. The van der Waals surface area contributed by atoms with E-state index in [1.54, 1.807) is 13.8 Å². The largest absolute Gasteiger partial charge is 0.416 e. The topological polar surface area (TPSA) is 70.7 Å². The van der Waals surface area contributed by atoms with E-state index in [0.29, 0.717) is 11.4 Å². The lowest BCUT2D eigenvalue weighted by atomic mass is 10.1. The zero-order valence-electron chi connectivity index (χ0n) is 11.3. The minimum absolute atomic E-state index is 0.00809. The Morgan fingerprint density at radius 1 is 1.29 bits per heavy atom. The fourth-order valence-corrected chi connectivity index (χ4v) is 1.75. The number of rotatable bonds is 3. The number of aromatic amines is 1. The molecule has 1 unspecified atom stereocenters. The second-order valence-electron chi connectivity index (χ2n) is 4.56. The minimum atomic E-state index is -4.37. The molecule has 2 aromatic rings. The summed E-state index contributed by atoms with van der Waals surface area (Å²) in [6.07, 6.45) is -4.37. The van der Waals surface area contributed by atoms with Gasteiger partial charge in [-0.3, -0.25) is 9.89 Å². The Hall–Kier alpha value is -2.38. The highest BCUT2D eigenvalue weighted by atomic mass is 19.4. The SMILES string of the molecule is Cc1nc(C(=O)NC(C)c2ccc(C(F)(F)F)cc2)n[nH]1. The number of alkyl halides is 3. The van der Waals surface area contributed by atoms with Gasteiger partial charge >= 0.3 is 6.18 Å². The number of nitrogens with zero attached hydrogens (tertiary/aromatic N) is 2. The molecule has 8 heteroatoms. The van der Waals surface area contributed by atoms with Crippen molar-refractivity contribution in [1.82, 2.24) is 20.5 Å². The van der Waals surface area contributed by atoms with Gasteiger partial charge in [0.15, 0.2) is 0 Å². The Labute approximate surface area is 118 Å². The van der Waals surface area contributed by atoms with Gasteiger partial charge in [0.25, 0.3) is 5.91 Å². The van der Waals surface area contributed by atoms with Crippen LogP contribution in [0, 0.1) is 6.92 Å². The van der Waals surface area contributed by atoms with E-state index in [2.05, 4.69) is 20.5 Å². The predicted octanol–water partition coefficient (Wildman–Crippen LogP) is 2.62. The van der Waals surface area contributed by atoms with Crippen molar-refractivity contribution in [2.75, 3.05) is 0 Å². The molecule has 1 amide bonds. The van der Waals surface area contributed by atoms with E-state index in [4.69, 9.17) is 0 Å². The van der Waals surface area contributed by atoms with Gasteiger partial charge in [0.2, 0.25) is 5.82 Å². The van der Waals surface area contributed by atoms with Crippen molar-refractivity contribution in [3.05, 3.63) is 47.0 Å². The zero-order chi connectivity index (χ0) is 15.6. The summed E-state index contributed by atoms with van der Waals surface area (Å²) in [6.45, 7) is 3.32. The van der Waals surface area contributed by atoms with Gasteiger partial charge < -0.3 is 5.32 Å². The third kappa shape index (κ3) is 3.59. The van der Waals surface area contributed by atoms with Crippen molar-refractivity contribution in [2.24, 2.45) is 0 Å². The van der Waals surface area contributed by atoms with Gasteiger partial charge in [-0.1, -0.05) is 12.1 Å². The Morgan fingerprint density at radius 2 is 1.90 bits per heavy atom. The van der Waals surface area contributed by atoms with E-state index < -0.39 is 23.7 Å². The van der Waals surface area contributed by atoms with Crippen molar-refractivity contribution in [3.63, 3.8) is 0 Å². The second-order valence-corrected chi connectivity index (χ2v) is 4.56. The van der Waals surface area contributed by atoms with Gasteiger partial charge in [0.1, 0.15) is 5.82 Å². The first kappa shape index (κ1) is 15.0. The monoisotopic (exact) mass is 298 g/mol. The van der Waals surface area contributed by atoms with Gasteiger partial charge in [0.05, 0.1) is 11.6 Å². The molecule has 0 bridgehead atoms. The number of benzene rings is 1. The maximum atomic E-state index is 12.5. The van der Waals surface area contributed by atoms with Crippen LogP contribution in [-0.4, -0.2) is 21.1 Å². The highest BCUT2D eigenvalue weighted by molar-refractivity contribution is 5.90. The highest BCUT2D eigenvalue weighted by Gasteiger charge is 2.30. The summed E-state index contributed by atoms with van der Waals surface area (Å²) in [5.41, 5.74) is -0.169. The molecule has 0 aliphatic heterocycles. The van der Waals surface area contributed by atoms with E-state index in [9.17, 15) is 18.0 Å². The van der Waals surface area contributed by atoms with Crippen LogP contribution in [0.4, 0.5) is 13.2 Å². The lowest BCUT2D eigenvalue weighted by Crippen LogP contribution is -2.27. The summed E-state index contributed by atoms with van der Waals surface area (Å²) in [7, 11) is 0. The van der Waals surface area contributed by atoms with Crippen LogP contribution in [0.1, 0.15) is 40.5 Å². The second kappa shape index (κ2) is 5.55. The summed E-state index contributed by atoms with van der Waals surface area (Å²) in [5.74, 6) is 0.000317. The number of H-pyrrole nitrogens is 1. The predicted molar refractivity (Wildman–Crippen MR) is 68.4 cm³/mol. The molecule has 0 spiro atoms. The summed E-state index contributed by atoms with van der Waals surface area (Å²) in [5, 5.41) is 8.87. The Morgan fingerprint density at radius 3 is 2.38 bits per heavy atom. The standard InChI is InChI=1S/C13H13F3N4O/c1-7(17-12(21)11-18-8(2)19-20-11)9-3-5-10(6-4-9)13(14,15)16/h3-7H,1-2H3,(H,17,21)(H,18,19,20). The molecule has 1 heterocycles. The van der Waals surface area contributed by atoms with Crippen LogP contribution in [0.5, 0.6) is 0 Å². The number of aromatic nitrogens is 3. The number of carbonyl (C=O) groups excluding carboxylic acids is 1. The van der Waals surface area contributed by atoms with E-state index in [0.717, 1.165) is 12.1 Å². The van der Waals surface area contributed by atoms with Crippen LogP contribution in [0.3, 0.4) is 0 Å². The number of amides is 1. The van der Waals surface area contributed by atoms with Gasteiger partial charge in [-0.05, 0) is 31.5 Å². The van der Waals surface area contributed by atoms with E-state index in [1.165, 1.54) is 12.1 Å². The van der Waals surface area contributed by atoms with Gasteiger partial charge in [-0.15, -0.1) is 5.10 Å². The first-order chi connectivity index (χ1) is 9.77. The third-order valence-corrected chi connectivity index (χ3v) is 2.89. The molecule has 2 N–H and O–H groups in total. The molecule has 0 aliphatic rings. The number of halogens is 3. The number of aryl methyl sites for hydroxylation is 1. The zero-order valence-corrected chi connectivity index (χ0v) is 11.3. The normalized spacial score (nSPS) is 13.0. The van der Waals surface area contributed by atoms with Crippen LogP contribution in [0.2, 0.25) is 0 Å². The molecule has 0 aliphatic carbocycles. The number of hydrogen-bond acceptors (Lipinski definition) is 3. The van der Waals surface area contributed by atoms with Gasteiger partial charge in [-0.25, -0.2) is 4.98 Å². The highest BCUT2D eigenvalue weighted by Crippen LogP contribution is 2.29. The molecular formula is C13H13F3N4O. The molecule has 1 aromatic carbocycles. The first-order valence-corrected chi connectivity index (χ1v) is 6.14. The van der Waals surface area contributed by atoms with E-state index in [1.807, 2.05) is 0 Å². The quantitative estimate of drug-likeness (QED) is 0.915. The van der Waals surface area contributed by atoms with Crippen molar-refractivity contribution in [1.29, 1.82) is 0 Å². The van der Waals surface area contributed by atoms with Crippen molar-refractivity contribution < 1.29 is 18.0 Å². The van der Waals surface area contributed by atoms with Crippen LogP contribution in [0.25, 0.3) is 0 Å². The number of nitrogens with one attached hydrogen (secondary N) is 2. The molecule has 2 rings (SSSR count). The molecule has 0 radical (unpaired) electrons. The molecule has 5 nitrogen and oxygen atoms in total. The smallest absolute Gasteiger partial charge is 0.343 e. The van der Waals surface area contributed by atoms with Crippen LogP contribution < -0.4 is 5.32 Å². The average Bonchev–Trinajstić information content (AvgIpc) is 2.84. The molecule has 21 heavy (non-hydrogen) atoms. The molecule has 0 saturated carbocycles. The Kier molecular flexibility index (Phi) is 3.97. The first-order valence-electron chi connectivity index (χ1n) is 6.14. The number of hydrogen-bond donors (Lipinski definition) is 2. The maximum Gasteiger partial charge on any atom is 0.416 e. The molecule has 1 atom stereocenters. The average molecular weight is 298 g/mol. The van der Waals surface area contributed by atoms with E-state index in [-0.39, 0.29) is 5.82 Å². The van der Waals surface area contributed by atoms with Crippen LogP contribution in [-0.2, 0) is 6.18 Å². The van der Waals surface area contributed by atoms with Crippen molar-refractivity contribution in [3.8, 4) is 0 Å².